The Kier molecular flexibility index (Phi) is 6.76. The van der Waals surface area contributed by atoms with Gasteiger partial charge < -0.3 is 9.84 Å². The van der Waals surface area contributed by atoms with E-state index in [0.717, 1.165) is 11.1 Å². The van der Waals surface area contributed by atoms with E-state index in [4.69, 9.17) is 4.52 Å². The van der Waals surface area contributed by atoms with Crippen LogP contribution in [-0.2, 0) is 14.8 Å². The number of benzene rings is 2. The number of aromatic nitrogens is 1. The van der Waals surface area contributed by atoms with Gasteiger partial charge >= 0.3 is 0 Å². The zero-order valence-corrected chi connectivity index (χ0v) is 19.5. The molecule has 0 bridgehead atoms. The van der Waals surface area contributed by atoms with Crippen molar-refractivity contribution in [1.29, 1.82) is 0 Å². The number of piperidine rings is 1. The van der Waals surface area contributed by atoms with Crippen molar-refractivity contribution >= 4 is 33.8 Å². The number of aryl methyl sites for hydroxylation is 2. The lowest BCUT2D eigenvalue weighted by atomic mass is 9.98. The van der Waals surface area contributed by atoms with Crippen LogP contribution in [0.3, 0.4) is 0 Å². The van der Waals surface area contributed by atoms with Crippen molar-refractivity contribution in [3.05, 3.63) is 77.2 Å². The molecule has 1 aliphatic heterocycles. The van der Waals surface area contributed by atoms with E-state index >= 15 is 0 Å². The molecule has 3 aromatic rings. The third kappa shape index (κ3) is 5.23. The van der Waals surface area contributed by atoms with E-state index < -0.39 is 15.9 Å². The number of hydrogen-bond donors (Lipinski definition) is 1. The minimum absolute atomic E-state index is 0.0503. The van der Waals surface area contributed by atoms with Crippen molar-refractivity contribution in [2.24, 2.45) is 5.92 Å². The molecule has 1 fully saturated rings. The van der Waals surface area contributed by atoms with E-state index in [2.05, 4.69) is 10.5 Å². The maximum atomic E-state index is 13.5. The Bertz CT molecular complexity index is 1250. The first-order chi connectivity index (χ1) is 15.8. The summed E-state index contributed by atoms with van der Waals surface area (Å²) in [6.45, 7) is 4.06. The molecule has 8 heteroatoms. The van der Waals surface area contributed by atoms with Crippen molar-refractivity contribution in [2.75, 3.05) is 18.4 Å². The van der Waals surface area contributed by atoms with E-state index in [1.165, 1.54) is 4.31 Å². The lowest BCUT2D eigenvalue weighted by Crippen LogP contribution is -2.43. The fourth-order valence-electron chi connectivity index (χ4n) is 3.92. The van der Waals surface area contributed by atoms with Gasteiger partial charge in [0.2, 0.25) is 15.9 Å². The van der Waals surface area contributed by atoms with Gasteiger partial charge in [-0.15, -0.1) is 0 Å². The molecule has 172 valence electrons. The topological polar surface area (TPSA) is 92.5 Å². The zero-order valence-electron chi connectivity index (χ0n) is 18.7. The molecule has 1 unspecified atom stereocenters. The molecule has 33 heavy (non-hydrogen) atoms. The van der Waals surface area contributed by atoms with Gasteiger partial charge in [0.25, 0.3) is 0 Å². The molecule has 1 aliphatic rings. The zero-order chi connectivity index (χ0) is 23.4. The molecule has 0 spiro atoms. The Morgan fingerprint density at radius 2 is 1.82 bits per heavy atom. The Balaban J connectivity index is 1.52. The largest absolute Gasteiger partial charge is 0.355 e. The van der Waals surface area contributed by atoms with E-state index in [0.29, 0.717) is 30.8 Å². The highest BCUT2D eigenvalue weighted by molar-refractivity contribution is 7.89. The van der Waals surface area contributed by atoms with Gasteiger partial charge in [-0.05, 0) is 50.5 Å². The van der Waals surface area contributed by atoms with Crippen molar-refractivity contribution in [3.63, 3.8) is 0 Å². The van der Waals surface area contributed by atoms with Crippen LogP contribution < -0.4 is 5.32 Å². The Morgan fingerprint density at radius 3 is 2.55 bits per heavy atom. The van der Waals surface area contributed by atoms with Crippen molar-refractivity contribution < 1.29 is 17.7 Å². The molecule has 4 rings (SSSR count). The minimum Gasteiger partial charge on any atom is -0.355 e. The van der Waals surface area contributed by atoms with E-state index in [-0.39, 0.29) is 23.1 Å². The molecule has 1 N–H and O–H groups in total. The summed E-state index contributed by atoms with van der Waals surface area (Å²) >= 11 is 0. The summed E-state index contributed by atoms with van der Waals surface area (Å²) in [6, 6.07) is 17.1. The summed E-state index contributed by atoms with van der Waals surface area (Å²) in [5.41, 5.74) is 3.02. The SMILES string of the molecule is Cc1ccc(NC(=O)C2CCCN(S(=O)(=O)c3c(C)noc3/C=C/c3ccccc3)C2)cc1. The Hall–Kier alpha value is -3.23. The van der Waals surface area contributed by atoms with Gasteiger partial charge in [0.15, 0.2) is 10.7 Å². The summed E-state index contributed by atoms with van der Waals surface area (Å²) in [5.74, 6) is -0.425. The van der Waals surface area contributed by atoms with Crippen molar-refractivity contribution in [1.82, 2.24) is 9.46 Å². The van der Waals surface area contributed by atoms with Crippen LogP contribution in [0.25, 0.3) is 12.2 Å². The van der Waals surface area contributed by atoms with Gasteiger partial charge in [-0.25, -0.2) is 8.42 Å². The third-order valence-corrected chi connectivity index (χ3v) is 7.76. The van der Waals surface area contributed by atoms with Crippen LogP contribution in [0.15, 0.2) is 64.0 Å². The van der Waals surface area contributed by atoms with Gasteiger partial charge in [-0.2, -0.15) is 4.31 Å². The predicted molar refractivity (Wildman–Crippen MR) is 128 cm³/mol. The summed E-state index contributed by atoms with van der Waals surface area (Å²) in [5, 5.41) is 6.80. The average molecular weight is 466 g/mol. The number of nitrogens with one attached hydrogen (secondary N) is 1. The highest BCUT2D eigenvalue weighted by Crippen LogP contribution is 2.29. The van der Waals surface area contributed by atoms with Crippen LogP contribution in [0.2, 0.25) is 0 Å². The van der Waals surface area contributed by atoms with Gasteiger partial charge in [-0.1, -0.05) is 59.3 Å². The molecular formula is C25H27N3O4S. The summed E-state index contributed by atoms with van der Waals surface area (Å²) in [4.78, 5) is 12.9. The minimum atomic E-state index is -3.88. The maximum absolute atomic E-state index is 13.5. The summed E-state index contributed by atoms with van der Waals surface area (Å²) in [7, 11) is -3.88. The fraction of sp³-hybridized carbons (Fsp3) is 0.280. The highest BCUT2D eigenvalue weighted by Gasteiger charge is 2.36. The summed E-state index contributed by atoms with van der Waals surface area (Å²) in [6.07, 6.45) is 4.64. The second kappa shape index (κ2) is 9.72. The molecule has 0 aliphatic carbocycles. The first-order valence-electron chi connectivity index (χ1n) is 10.9. The number of nitrogens with zero attached hydrogens (tertiary/aromatic N) is 2. The second-order valence-electron chi connectivity index (χ2n) is 8.26. The van der Waals surface area contributed by atoms with Crippen molar-refractivity contribution in [3.8, 4) is 0 Å². The maximum Gasteiger partial charge on any atom is 0.248 e. The molecular weight excluding hydrogens is 438 g/mol. The number of sulfonamides is 1. The molecule has 1 aromatic heterocycles. The van der Waals surface area contributed by atoms with E-state index in [9.17, 15) is 13.2 Å². The molecule has 1 saturated heterocycles. The molecule has 2 aromatic carbocycles. The van der Waals surface area contributed by atoms with Gasteiger partial charge in [-0.3, -0.25) is 4.79 Å². The highest BCUT2D eigenvalue weighted by atomic mass is 32.2. The lowest BCUT2D eigenvalue weighted by Gasteiger charge is -2.31. The molecule has 7 nitrogen and oxygen atoms in total. The van der Waals surface area contributed by atoms with E-state index in [1.54, 1.807) is 19.1 Å². The van der Waals surface area contributed by atoms with E-state index in [1.807, 2.05) is 61.5 Å². The molecule has 2 heterocycles. The van der Waals surface area contributed by atoms with Crippen LogP contribution in [-0.4, -0.2) is 36.9 Å². The van der Waals surface area contributed by atoms with Crippen LogP contribution in [0.5, 0.6) is 0 Å². The molecule has 1 amide bonds. The lowest BCUT2D eigenvalue weighted by molar-refractivity contribution is -0.120. The normalized spacial score (nSPS) is 17.3. The predicted octanol–water partition coefficient (Wildman–Crippen LogP) is 4.50. The molecule has 0 radical (unpaired) electrons. The van der Waals surface area contributed by atoms with Gasteiger partial charge in [0.05, 0.1) is 5.92 Å². The molecule has 1 atom stereocenters. The Labute approximate surface area is 194 Å². The molecule has 0 saturated carbocycles. The number of carbonyl (C=O) groups is 1. The monoisotopic (exact) mass is 465 g/mol. The fourth-order valence-corrected chi connectivity index (χ4v) is 5.69. The third-order valence-electron chi connectivity index (χ3n) is 5.73. The quantitative estimate of drug-likeness (QED) is 0.579. The number of anilines is 1. The van der Waals surface area contributed by atoms with Crippen molar-refractivity contribution in [2.45, 2.75) is 31.6 Å². The standard InChI is InChI=1S/C25H27N3O4S/c1-18-10-13-22(14-11-18)26-25(29)21-9-6-16-28(17-21)33(30,31)24-19(2)27-32-23(24)15-12-20-7-4-3-5-8-20/h3-5,7-8,10-15,21H,6,9,16-17H2,1-2H3,(H,26,29)/b15-12+. The first kappa shape index (κ1) is 22.9. The van der Waals surface area contributed by atoms with Crippen LogP contribution in [0, 0.1) is 19.8 Å². The number of carbonyl (C=O) groups excluding carboxylic acids is 1. The average Bonchev–Trinajstić information content (AvgIpc) is 3.21. The number of hydrogen-bond acceptors (Lipinski definition) is 5. The number of amides is 1. The smallest absolute Gasteiger partial charge is 0.248 e. The first-order valence-corrected chi connectivity index (χ1v) is 12.4. The van der Waals surface area contributed by atoms with Crippen LogP contribution in [0.1, 0.15) is 35.4 Å². The second-order valence-corrected chi connectivity index (χ2v) is 10.1. The summed E-state index contributed by atoms with van der Waals surface area (Å²) < 4.78 is 33.8. The van der Waals surface area contributed by atoms with Crippen LogP contribution in [0.4, 0.5) is 5.69 Å². The number of rotatable bonds is 6. The van der Waals surface area contributed by atoms with Crippen LogP contribution >= 0.6 is 0 Å². The Morgan fingerprint density at radius 1 is 1.09 bits per heavy atom. The van der Waals surface area contributed by atoms with Gasteiger partial charge in [0, 0.05) is 18.8 Å². The van der Waals surface area contributed by atoms with Gasteiger partial charge in [0.1, 0.15) is 5.69 Å².